The Balaban J connectivity index is 2.16. The van der Waals surface area contributed by atoms with Gasteiger partial charge in [0.15, 0.2) is 6.10 Å². The molecule has 0 saturated carbocycles. The first kappa shape index (κ1) is 12.9. The lowest BCUT2D eigenvalue weighted by atomic mass is 9.99. The molecule has 0 aromatic heterocycles. The zero-order valence-electron chi connectivity index (χ0n) is 9.11. The van der Waals surface area contributed by atoms with Gasteiger partial charge in [0, 0.05) is 19.5 Å². The third kappa shape index (κ3) is 4.16. The summed E-state index contributed by atoms with van der Waals surface area (Å²) in [6.07, 6.45) is 0.488. The summed E-state index contributed by atoms with van der Waals surface area (Å²) in [5.74, 6) is -1.35. The van der Waals surface area contributed by atoms with Gasteiger partial charge < -0.3 is 20.8 Å². The molecule has 1 rings (SSSR count). The second-order valence-corrected chi connectivity index (χ2v) is 3.98. The minimum atomic E-state index is -1.40. The van der Waals surface area contributed by atoms with Crippen molar-refractivity contribution in [3.8, 4) is 0 Å². The number of piperidine rings is 1. The van der Waals surface area contributed by atoms with E-state index in [1.807, 2.05) is 0 Å². The van der Waals surface area contributed by atoms with Gasteiger partial charge in [-0.1, -0.05) is 0 Å². The summed E-state index contributed by atoms with van der Waals surface area (Å²) in [6.45, 7) is 1.82. The molecule has 1 fully saturated rings. The molecule has 6 nitrogen and oxygen atoms in total. The van der Waals surface area contributed by atoms with Gasteiger partial charge in [0.2, 0.25) is 5.91 Å². The van der Waals surface area contributed by atoms with Gasteiger partial charge in [0.05, 0.1) is 5.92 Å². The maximum atomic E-state index is 11.6. The number of aliphatic hydroxyl groups excluding tert-OH is 1. The van der Waals surface area contributed by atoms with Crippen LogP contribution in [0.3, 0.4) is 0 Å². The number of carboxylic acids is 1. The Kier molecular flexibility index (Phi) is 5.21. The molecule has 2 atom stereocenters. The number of rotatable bonds is 5. The van der Waals surface area contributed by atoms with Crippen LogP contribution in [0.5, 0.6) is 0 Å². The molecule has 92 valence electrons. The molecule has 1 aliphatic heterocycles. The van der Waals surface area contributed by atoms with Crippen LogP contribution in [0.1, 0.15) is 19.3 Å². The number of nitrogens with one attached hydrogen (secondary N) is 2. The maximum absolute atomic E-state index is 11.6. The van der Waals surface area contributed by atoms with Gasteiger partial charge in [-0.25, -0.2) is 4.79 Å². The smallest absolute Gasteiger partial charge is 0.332 e. The summed E-state index contributed by atoms with van der Waals surface area (Å²) in [5, 5.41) is 23.2. The van der Waals surface area contributed by atoms with Gasteiger partial charge in [-0.05, 0) is 19.4 Å². The molecule has 4 N–H and O–H groups in total. The van der Waals surface area contributed by atoms with E-state index < -0.39 is 12.1 Å². The third-order valence-corrected chi connectivity index (χ3v) is 2.67. The van der Waals surface area contributed by atoms with Gasteiger partial charge in [-0.3, -0.25) is 4.79 Å². The van der Waals surface area contributed by atoms with Crippen molar-refractivity contribution in [1.29, 1.82) is 0 Å². The van der Waals surface area contributed by atoms with Crippen molar-refractivity contribution in [2.24, 2.45) is 5.92 Å². The minimum Gasteiger partial charge on any atom is -0.479 e. The van der Waals surface area contributed by atoms with Crippen LogP contribution in [0.4, 0.5) is 0 Å². The van der Waals surface area contributed by atoms with E-state index in [0.717, 1.165) is 19.4 Å². The van der Waals surface area contributed by atoms with Crippen LogP contribution < -0.4 is 10.6 Å². The number of carbonyl (C=O) groups excluding carboxylic acids is 1. The lowest BCUT2D eigenvalue weighted by molar-refractivity contribution is -0.147. The first-order valence-electron chi connectivity index (χ1n) is 5.50. The summed E-state index contributed by atoms with van der Waals surface area (Å²) in [6, 6.07) is 0. The molecular formula is C10H18N2O4. The minimum absolute atomic E-state index is 0.0317. The van der Waals surface area contributed by atoms with Crippen LogP contribution in [-0.2, 0) is 9.59 Å². The lowest BCUT2D eigenvalue weighted by Gasteiger charge is -2.21. The Morgan fingerprint density at radius 1 is 1.50 bits per heavy atom. The number of amides is 1. The molecule has 1 unspecified atom stereocenters. The van der Waals surface area contributed by atoms with Crippen molar-refractivity contribution < 1.29 is 19.8 Å². The van der Waals surface area contributed by atoms with E-state index in [9.17, 15) is 9.59 Å². The average Bonchev–Trinajstić information content (AvgIpc) is 2.29. The van der Waals surface area contributed by atoms with E-state index in [1.54, 1.807) is 0 Å². The van der Waals surface area contributed by atoms with Crippen molar-refractivity contribution in [2.45, 2.75) is 25.4 Å². The Labute approximate surface area is 94.0 Å². The molecule has 6 heteroatoms. The van der Waals surface area contributed by atoms with Crippen LogP contribution in [0.15, 0.2) is 0 Å². The fourth-order valence-electron chi connectivity index (χ4n) is 1.68. The molecule has 1 aliphatic rings. The van der Waals surface area contributed by atoms with E-state index in [2.05, 4.69) is 10.6 Å². The van der Waals surface area contributed by atoms with E-state index >= 15 is 0 Å². The first-order valence-corrected chi connectivity index (χ1v) is 5.50. The highest BCUT2D eigenvalue weighted by Gasteiger charge is 2.21. The molecule has 0 radical (unpaired) electrons. The number of aliphatic hydroxyl groups is 1. The first-order chi connectivity index (χ1) is 7.61. The van der Waals surface area contributed by atoms with Gasteiger partial charge >= 0.3 is 5.97 Å². The topological polar surface area (TPSA) is 98.7 Å². The molecule has 1 saturated heterocycles. The largest absolute Gasteiger partial charge is 0.479 e. The number of carboxylic acid groups (broad SMARTS) is 1. The normalized spacial score (nSPS) is 22.4. The molecule has 1 amide bonds. The quantitative estimate of drug-likeness (QED) is 0.482. The van der Waals surface area contributed by atoms with Crippen molar-refractivity contribution in [3.63, 3.8) is 0 Å². The van der Waals surface area contributed by atoms with Gasteiger partial charge in [0.1, 0.15) is 0 Å². The van der Waals surface area contributed by atoms with E-state index in [4.69, 9.17) is 10.2 Å². The maximum Gasteiger partial charge on any atom is 0.332 e. The summed E-state index contributed by atoms with van der Waals surface area (Å²) in [5.41, 5.74) is 0. The van der Waals surface area contributed by atoms with E-state index in [0.29, 0.717) is 6.54 Å². The molecule has 0 bridgehead atoms. The molecular weight excluding hydrogens is 212 g/mol. The lowest BCUT2D eigenvalue weighted by Crippen LogP contribution is -2.41. The molecule has 0 aromatic carbocycles. The van der Waals surface area contributed by atoms with Crippen LogP contribution in [0.2, 0.25) is 0 Å². The fraction of sp³-hybridized carbons (Fsp3) is 0.800. The third-order valence-electron chi connectivity index (χ3n) is 2.67. The van der Waals surface area contributed by atoms with Crippen LogP contribution >= 0.6 is 0 Å². The SMILES string of the molecule is O=C(NCC[C@H](O)C(=O)O)C1CCCNC1. The number of aliphatic carboxylic acids is 1. The van der Waals surface area contributed by atoms with Gasteiger partial charge in [0.25, 0.3) is 0 Å². The Bertz CT molecular complexity index is 251. The number of carbonyl (C=O) groups is 2. The van der Waals surface area contributed by atoms with E-state index in [-0.39, 0.29) is 24.8 Å². The van der Waals surface area contributed by atoms with Crippen LogP contribution in [0, 0.1) is 5.92 Å². The van der Waals surface area contributed by atoms with Gasteiger partial charge in [-0.15, -0.1) is 0 Å². The number of hydrogen-bond acceptors (Lipinski definition) is 4. The zero-order valence-corrected chi connectivity index (χ0v) is 9.11. The van der Waals surface area contributed by atoms with Crippen molar-refractivity contribution in [3.05, 3.63) is 0 Å². The fourth-order valence-corrected chi connectivity index (χ4v) is 1.68. The highest BCUT2D eigenvalue weighted by atomic mass is 16.4. The predicted molar refractivity (Wildman–Crippen MR) is 56.9 cm³/mol. The second-order valence-electron chi connectivity index (χ2n) is 3.98. The second kappa shape index (κ2) is 6.44. The van der Waals surface area contributed by atoms with Crippen molar-refractivity contribution in [1.82, 2.24) is 10.6 Å². The van der Waals surface area contributed by atoms with Crippen molar-refractivity contribution in [2.75, 3.05) is 19.6 Å². The predicted octanol–water partition coefficient (Wildman–Crippen LogP) is -1.06. The van der Waals surface area contributed by atoms with Gasteiger partial charge in [-0.2, -0.15) is 0 Å². The highest BCUT2D eigenvalue weighted by Crippen LogP contribution is 2.09. The average molecular weight is 230 g/mol. The standard InChI is InChI=1S/C10H18N2O4/c13-8(10(15)16)3-5-12-9(14)7-2-1-4-11-6-7/h7-8,11,13H,1-6H2,(H,12,14)(H,15,16)/t7?,8-/m0/s1. The monoisotopic (exact) mass is 230 g/mol. The Hall–Kier alpha value is -1.14. The molecule has 16 heavy (non-hydrogen) atoms. The summed E-state index contributed by atoms with van der Waals surface area (Å²) in [4.78, 5) is 21.9. The summed E-state index contributed by atoms with van der Waals surface area (Å²) in [7, 11) is 0. The Morgan fingerprint density at radius 2 is 2.25 bits per heavy atom. The molecule has 0 spiro atoms. The Morgan fingerprint density at radius 3 is 2.81 bits per heavy atom. The highest BCUT2D eigenvalue weighted by molar-refractivity contribution is 5.79. The molecule has 1 heterocycles. The summed E-state index contributed by atoms with van der Waals surface area (Å²) < 4.78 is 0. The zero-order chi connectivity index (χ0) is 12.0. The van der Waals surface area contributed by atoms with E-state index in [1.165, 1.54) is 0 Å². The van der Waals surface area contributed by atoms with Crippen molar-refractivity contribution >= 4 is 11.9 Å². The number of hydrogen-bond donors (Lipinski definition) is 4. The molecule has 0 aromatic rings. The molecule has 0 aliphatic carbocycles. The summed E-state index contributed by atoms with van der Waals surface area (Å²) >= 11 is 0. The van der Waals surface area contributed by atoms with Crippen LogP contribution in [-0.4, -0.2) is 47.8 Å². The van der Waals surface area contributed by atoms with Crippen LogP contribution in [0.25, 0.3) is 0 Å².